The van der Waals surface area contributed by atoms with Gasteiger partial charge in [0.05, 0.1) is 12.2 Å². The molecule has 422 valence electrons. The minimum absolute atomic E-state index is 0.0757. The van der Waals surface area contributed by atoms with Gasteiger partial charge in [0, 0.05) is 18.7 Å². The van der Waals surface area contributed by atoms with Crippen molar-refractivity contribution in [3.8, 4) is 5.75 Å². The molecule has 1 rings (SSSR count). The predicted molar refractivity (Wildman–Crippen MR) is 318 cm³/mol. The Morgan fingerprint density at radius 2 is 0.542 bits per heavy atom. The molecule has 5 heteroatoms. The summed E-state index contributed by atoms with van der Waals surface area (Å²) >= 11 is 0. The number of hydrogen-bond acceptors (Lipinski definition) is 3. The zero-order chi connectivity index (χ0) is 51.7. The van der Waals surface area contributed by atoms with Crippen LogP contribution in [0.25, 0.3) is 0 Å². The summed E-state index contributed by atoms with van der Waals surface area (Å²) in [6.07, 6.45) is 71.9. The lowest BCUT2D eigenvalue weighted by Crippen LogP contribution is -2.26. The molecule has 0 aliphatic carbocycles. The van der Waals surface area contributed by atoms with E-state index < -0.39 is 0 Å². The summed E-state index contributed by atoms with van der Waals surface area (Å²) in [7, 11) is 0. The summed E-state index contributed by atoms with van der Waals surface area (Å²) in [5, 5.41) is 6.31. The van der Waals surface area contributed by atoms with E-state index in [1.165, 1.54) is 302 Å². The van der Waals surface area contributed by atoms with Crippen LogP contribution in [0.4, 0.5) is 0 Å². The number of carbonyl (C=O) groups excluding carboxylic acids is 2. The maximum absolute atomic E-state index is 13.4. The van der Waals surface area contributed by atoms with E-state index in [2.05, 4.69) is 31.4 Å². The van der Waals surface area contributed by atoms with E-state index in [0.717, 1.165) is 38.5 Å². The molecule has 72 heavy (non-hydrogen) atoms. The Bertz CT molecular complexity index is 1270. The van der Waals surface area contributed by atoms with Crippen LogP contribution in [0.3, 0.4) is 0 Å². The summed E-state index contributed by atoms with van der Waals surface area (Å²) in [4.78, 5) is 26.7. The van der Waals surface area contributed by atoms with Crippen LogP contribution in [-0.4, -0.2) is 31.5 Å². The highest BCUT2D eigenvalue weighted by molar-refractivity contribution is 6.00. The summed E-state index contributed by atoms with van der Waals surface area (Å²) in [6, 6.07) is 5.40. The van der Waals surface area contributed by atoms with Gasteiger partial charge in [-0.25, -0.2) is 0 Å². The first kappa shape index (κ1) is 68.0. The van der Waals surface area contributed by atoms with Crippen molar-refractivity contribution in [1.29, 1.82) is 0 Å². The van der Waals surface area contributed by atoms with Crippen LogP contribution in [0.2, 0.25) is 0 Å². The summed E-state index contributed by atoms with van der Waals surface area (Å²) in [6.45, 7) is 8.81. The monoisotopic (exact) mass is 1010 g/mol. The van der Waals surface area contributed by atoms with Gasteiger partial charge in [-0.05, 0) is 37.5 Å². The van der Waals surface area contributed by atoms with Gasteiger partial charge in [-0.1, -0.05) is 342 Å². The fraction of sp³-hybridized carbons (Fsp3) is 0.881. The molecule has 0 saturated carbocycles. The number of hydrogen-bond donors (Lipinski definition) is 2. The Kier molecular flexibility index (Phi) is 53.5. The zero-order valence-corrected chi connectivity index (χ0v) is 49.1. The van der Waals surface area contributed by atoms with Crippen LogP contribution in [0, 0.1) is 0 Å². The maximum Gasteiger partial charge on any atom is 0.255 e. The quantitative estimate of drug-likeness (QED) is 0.0639. The number of benzene rings is 1. The number of unbranched alkanes of at least 4 members (excludes halogenated alkanes) is 50. The molecule has 1 aromatic carbocycles. The van der Waals surface area contributed by atoms with Crippen molar-refractivity contribution in [1.82, 2.24) is 10.6 Å². The van der Waals surface area contributed by atoms with Crippen LogP contribution >= 0.6 is 0 Å². The lowest BCUT2D eigenvalue weighted by molar-refractivity contribution is 0.0937. The van der Waals surface area contributed by atoms with Crippen molar-refractivity contribution in [3.05, 3.63) is 29.3 Å². The molecule has 1 aromatic rings. The standard InChI is InChI=1S/C67H126N2O3/c1-4-7-10-13-16-19-21-23-25-27-29-31-33-35-37-39-41-43-45-48-51-54-59-68-66(70)63-57-58-64(65(62-63)72-61-56-53-50-47-18-15-12-9-6-3)67(71)69-60-55-52-49-46-44-42-40-38-36-34-32-30-28-26-24-22-20-17-14-11-8-5-2/h57-58,62H,4-56,59-61H2,1-3H3,(H,68,70)(H,69,71). The number of carbonyl (C=O) groups is 2. The van der Waals surface area contributed by atoms with E-state index in [-0.39, 0.29) is 11.8 Å². The third-order valence-electron chi connectivity index (χ3n) is 15.6. The van der Waals surface area contributed by atoms with E-state index >= 15 is 0 Å². The Morgan fingerprint density at radius 1 is 0.306 bits per heavy atom. The summed E-state index contributed by atoms with van der Waals surface area (Å²) < 4.78 is 6.28. The van der Waals surface area contributed by atoms with E-state index in [9.17, 15) is 9.59 Å². The van der Waals surface area contributed by atoms with Crippen LogP contribution in [0.1, 0.15) is 382 Å². The normalized spacial score (nSPS) is 11.4. The lowest BCUT2D eigenvalue weighted by Gasteiger charge is -2.14. The Labute approximate surface area is 450 Å². The second-order valence-corrected chi connectivity index (χ2v) is 22.7. The molecule has 0 fully saturated rings. The fourth-order valence-electron chi connectivity index (χ4n) is 10.6. The van der Waals surface area contributed by atoms with Crippen LogP contribution < -0.4 is 15.4 Å². The van der Waals surface area contributed by atoms with Gasteiger partial charge < -0.3 is 15.4 Å². The van der Waals surface area contributed by atoms with Crippen molar-refractivity contribution in [2.75, 3.05) is 19.7 Å². The first-order valence-corrected chi connectivity index (χ1v) is 33.0. The highest BCUT2D eigenvalue weighted by Crippen LogP contribution is 2.23. The largest absolute Gasteiger partial charge is 0.493 e. The van der Waals surface area contributed by atoms with E-state index in [1.54, 1.807) is 18.2 Å². The lowest BCUT2D eigenvalue weighted by atomic mass is 10.0. The average Bonchev–Trinajstić information content (AvgIpc) is 3.39. The summed E-state index contributed by atoms with van der Waals surface area (Å²) in [5.74, 6) is 0.369. The van der Waals surface area contributed by atoms with Crippen LogP contribution in [0.15, 0.2) is 18.2 Å². The molecule has 0 spiro atoms. The molecule has 2 N–H and O–H groups in total. The molecule has 0 radical (unpaired) electrons. The molecule has 0 atom stereocenters. The van der Waals surface area contributed by atoms with Gasteiger partial charge in [0.25, 0.3) is 11.8 Å². The van der Waals surface area contributed by atoms with Crippen LogP contribution in [-0.2, 0) is 0 Å². The first-order chi connectivity index (χ1) is 35.6. The van der Waals surface area contributed by atoms with Crippen molar-refractivity contribution in [3.63, 3.8) is 0 Å². The molecule has 0 heterocycles. The van der Waals surface area contributed by atoms with Gasteiger partial charge >= 0.3 is 0 Å². The molecule has 0 bridgehead atoms. The average molecular weight is 1010 g/mol. The van der Waals surface area contributed by atoms with Gasteiger partial charge in [-0.3, -0.25) is 9.59 Å². The molecule has 2 amide bonds. The van der Waals surface area contributed by atoms with E-state index in [1.807, 2.05) is 0 Å². The third-order valence-corrected chi connectivity index (χ3v) is 15.6. The Morgan fingerprint density at radius 3 is 0.819 bits per heavy atom. The molecule has 5 nitrogen and oxygen atoms in total. The van der Waals surface area contributed by atoms with Crippen molar-refractivity contribution >= 4 is 11.8 Å². The highest BCUT2D eigenvalue weighted by Gasteiger charge is 2.16. The predicted octanol–water partition coefficient (Wildman–Crippen LogP) is 22.3. The SMILES string of the molecule is CCCCCCCCCCCCCCCCCCCCCCCCNC(=O)c1ccc(C(=O)NCCCCCCCCCCCCCCCCCCCCCCCC)c(OCCCCCCCCCCC)c1. The second kappa shape index (κ2) is 56.7. The molecule has 0 saturated heterocycles. The van der Waals surface area contributed by atoms with E-state index in [4.69, 9.17) is 4.74 Å². The zero-order valence-electron chi connectivity index (χ0n) is 49.1. The number of nitrogens with one attached hydrogen (secondary N) is 2. The maximum atomic E-state index is 13.4. The fourth-order valence-corrected chi connectivity index (χ4v) is 10.6. The van der Waals surface area contributed by atoms with Crippen molar-refractivity contribution in [2.45, 2.75) is 361 Å². The van der Waals surface area contributed by atoms with Gasteiger partial charge in [-0.15, -0.1) is 0 Å². The second-order valence-electron chi connectivity index (χ2n) is 22.7. The minimum atomic E-state index is -0.0950. The third kappa shape index (κ3) is 46.5. The Hall–Kier alpha value is -2.04. The number of ether oxygens (including phenoxy) is 1. The topological polar surface area (TPSA) is 67.4 Å². The minimum Gasteiger partial charge on any atom is -0.493 e. The van der Waals surface area contributed by atoms with Gasteiger partial charge in [0.2, 0.25) is 0 Å². The Balaban J connectivity index is 2.22. The number of rotatable bonds is 59. The molecule has 0 aliphatic heterocycles. The molecular formula is C67H126N2O3. The smallest absolute Gasteiger partial charge is 0.255 e. The molecule has 0 aliphatic rings. The van der Waals surface area contributed by atoms with Crippen LogP contribution in [0.5, 0.6) is 5.75 Å². The van der Waals surface area contributed by atoms with Crippen molar-refractivity contribution < 1.29 is 14.3 Å². The highest BCUT2D eigenvalue weighted by atomic mass is 16.5. The first-order valence-electron chi connectivity index (χ1n) is 33.0. The van der Waals surface area contributed by atoms with Gasteiger partial charge in [0.15, 0.2) is 0 Å². The number of amides is 2. The summed E-state index contributed by atoms with van der Waals surface area (Å²) in [5.41, 5.74) is 1.12. The molecule has 0 unspecified atom stereocenters. The van der Waals surface area contributed by atoms with Gasteiger partial charge in [0.1, 0.15) is 5.75 Å². The van der Waals surface area contributed by atoms with Crippen molar-refractivity contribution in [2.24, 2.45) is 0 Å². The van der Waals surface area contributed by atoms with Gasteiger partial charge in [-0.2, -0.15) is 0 Å². The van der Waals surface area contributed by atoms with E-state index in [0.29, 0.717) is 36.6 Å². The molecule has 0 aromatic heterocycles. The molecular weight excluding hydrogens is 881 g/mol.